The standard InChI is InChI=1S/C22H28ClFN4O.C2H7NO/c23-18-14-25-21(27-16-4-2-1-3-5-16)12-17(18)20-7-6-19(24)22(28-20)26-13-15-8-10-29-11-9-15;3-1-2-4/h6-7,12,14-16H,1-5,8-11,13H2,(H,25,27)(H,26,28);4H,1-3H2. The summed E-state index contributed by atoms with van der Waals surface area (Å²) in [4.78, 5) is 8.94. The second kappa shape index (κ2) is 13.6. The van der Waals surface area contributed by atoms with Crippen molar-refractivity contribution in [3.05, 3.63) is 35.2 Å². The molecule has 0 aromatic carbocycles. The molecule has 1 saturated heterocycles. The molecule has 9 heteroatoms. The molecule has 0 bridgehead atoms. The van der Waals surface area contributed by atoms with Gasteiger partial charge in [-0.15, -0.1) is 0 Å². The number of aromatic nitrogens is 2. The zero-order chi connectivity index (χ0) is 23.5. The summed E-state index contributed by atoms with van der Waals surface area (Å²) in [6.45, 7) is 2.70. The van der Waals surface area contributed by atoms with Crippen LogP contribution in [0.3, 0.4) is 0 Å². The number of hydrogen-bond donors (Lipinski definition) is 4. The number of aliphatic hydroxyl groups is 1. The van der Waals surface area contributed by atoms with Crippen LogP contribution in [-0.2, 0) is 4.74 Å². The number of anilines is 2. The van der Waals surface area contributed by atoms with Crippen LogP contribution in [0.2, 0.25) is 5.02 Å². The highest BCUT2D eigenvalue weighted by Crippen LogP contribution is 2.31. The van der Waals surface area contributed by atoms with E-state index in [0.29, 0.717) is 35.8 Å². The number of pyridine rings is 2. The SMILES string of the molecule is Fc1ccc(-c2cc(NC3CCCCC3)ncc2Cl)nc1NCC1CCOCC1.NCCO. The lowest BCUT2D eigenvalue weighted by molar-refractivity contribution is 0.0699. The second-order valence-corrected chi connectivity index (χ2v) is 8.91. The molecule has 0 amide bonds. The maximum absolute atomic E-state index is 14.3. The average Bonchev–Trinajstić information content (AvgIpc) is 2.86. The van der Waals surface area contributed by atoms with Crippen LogP contribution in [0.25, 0.3) is 11.3 Å². The highest BCUT2D eigenvalue weighted by molar-refractivity contribution is 6.33. The Morgan fingerprint density at radius 3 is 2.58 bits per heavy atom. The van der Waals surface area contributed by atoms with Crippen LogP contribution in [0.4, 0.5) is 16.0 Å². The van der Waals surface area contributed by atoms with Crippen molar-refractivity contribution in [3.63, 3.8) is 0 Å². The summed E-state index contributed by atoms with van der Waals surface area (Å²) in [6, 6.07) is 5.47. The highest BCUT2D eigenvalue weighted by atomic mass is 35.5. The van der Waals surface area contributed by atoms with E-state index >= 15 is 0 Å². The van der Waals surface area contributed by atoms with Gasteiger partial charge in [0.25, 0.3) is 0 Å². The normalized spacial score (nSPS) is 17.2. The number of aliphatic hydroxyl groups excluding tert-OH is 1. The molecule has 0 radical (unpaired) electrons. The molecule has 5 N–H and O–H groups in total. The van der Waals surface area contributed by atoms with Crippen molar-refractivity contribution in [2.24, 2.45) is 11.7 Å². The minimum atomic E-state index is -0.355. The van der Waals surface area contributed by atoms with Gasteiger partial charge in [-0.25, -0.2) is 14.4 Å². The summed E-state index contributed by atoms with van der Waals surface area (Å²) in [5.41, 5.74) is 6.18. The fourth-order valence-corrected chi connectivity index (χ4v) is 4.28. The van der Waals surface area contributed by atoms with Gasteiger partial charge in [0.2, 0.25) is 0 Å². The zero-order valence-corrected chi connectivity index (χ0v) is 19.8. The average molecular weight is 480 g/mol. The first-order valence-electron chi connectivity index (χ1n) is 11.8. The Morgan fingerprint density at radius 1 is 1.15 bits per heavy atom. The quantitative estimate of drug-likeness (QED) is 0.464. The van der Waals surface area contributed by atoms with Crippen LogP contribution < -0.4 is 16.4 Å². The number of nitrogens with one attached hydrogen (secondary N) is 2. The van der Waals surface area contributed by atoms with Gasteiger partial charge in [0.1, 0.15) is 5.82 Å². The molecule has 0 unspecified atom stereocenters. The molecule has 1 aliphatic carbocycles. The fourth-order valence-electron chi connectivity index (χ4n) is 4.08. The van der Waals surface area contributed by atoms with E-state index < -0.39 is 0 Å². The number of hydrogen-bond acceptors (Lipinski definition) is 7. The summed E-state index contributed by atoms with van der Waals surface area (Å²) in [7, 11) is 0. The van der Waals surface area contributed by atoms with Gasteiger partial charge < -0.3 is 26.2 Å². The Kier molecular flexibility index (Phi) is 10.6. The molecule has 1 aliphatic heterocycles. The predicted octanol–water partition coefficient (Wildman–Crippen LogP) is 4.46. The Morgan fingerprint density at radius 2 is 1.88 bits per heavy atom. The topological polar surface area (TPSA) is 105 Å². The summed E-state index contributed by atoms with van der Waals surface area (Å²) in [5.74, 6) is 1.18. The van der Waals surface area contributed by atoms with Crippen molar-refractivity contribution in [1.29, 1.82) is 0 Å². The van der Waals surface area contributed by atoms with Crippen molar-refractivity contribution >= 4 is 23.2 Å². The van der Waals surface area contributed by atoms with E-state index in [9.17, 15) is 4.39 Å². The Labute approximate surface area is 200 Å². The highest BCUT2D eigenvalue weighted by Gasteiger charge is 2.17. The van der Waals surface area contributed by atoms with E-state index in [1.165, 1.54) is 25.3 Å². The van der Waals surface area contributed by atoms with Gasteiger partial charge in [-0.05, 0) is 49.8 Å². The van der Waals surface area contributed by atoms with Crippen molar-refractivity contribution in [1.82, 2.24) is 9.97 Å². The molecular formula is C24H35ClFN5O2. The lowest BCUT2D eigenvalue weighted by atomic mass is 9.95. The maximum Gasteiger partial charge on any atom is 0.165 e. The molecule has 2 aromatic rings. The van der Waals surface area contributed by atoms with E-state index in [1.807, 2.05) is 6.07 Å². The first-order chi connectivity index (χ1) is 16.1. The van der Waals surface area contributed by atoms with Crippen molar-refractivity contribution in [3.8, 4) is 11.3 Å². The molecule has 33 heavy (non-hydrogen) atoms. The number of nitrogens with two attached hydrogens (primary N) is 1. The van der Waals surface area contributed by atoms with Gasteiger partial charge in [0.05, 0.1) is 17.3 Å². The lowest BCUT2D eigenvalue weighted by Crippen LogP contribution is -2.23. The van der Waals surface area contributed by atoms with Crippen molar-refractivity contribution < 1.29 is 14.2 Å². The summed E-state index contributed by atoms with van der Waals surface area (Å²) in [5, 5.41) is 14.9. The van der Waals surface area contributed by atoms with Gasteiger partial charge >= 0.3 is 0 Å². The summed E-state index contributed by atoms with van der Waals surface area (Å²) in [6.07, 6.45) is 9.74. The fraction of sp³-hybridized carbons (Fsp3) is 0.583. The van der Waals surface area contributed by atoms with Crippen LogP contribution in [0.1, 0.15) is 44.9 Å². The summed E-state index contributed by atoms with van der Waals surface area (Å²) < 4.78 is 19.7. The molecule has 0 atom stereocenters. The summed E-state index contributed by atoms with van der Waals surface area (Å²) >= 11 is 6.41. The third-order valence-electron chi connectivity index (χ3n) is 5.96. The monoisotopic (exact) mass is 479 g/mol. The van der Waals surface area contributed by atoms with Crippen molar-refractivity contribution in [2.75, 3.05) is 43.5 Å². The second-order valence-electron chi connectivity index (χ2n) is 8.50. The van der Waals surface area contributed by atoms with E-state index in [0.717, 1.165) is 50.3 Å². The third kappa shape index (κ3) is 8.07. The minimum Gasteiger partial charge on any atom is -0.395 e. The van der Waals surface area contributed by atoms with Gasteiger partial charge in [0, 0.05) is 44.1 Å². The van der Waals surface area contributed by atoms with Crippen LogP contribution in [0, 0.1) is 11.7 Å². The van der Waals surface area contributed by atoms with Crippen molar-refractivity contribution in [2.45, 2.75) is 51.0 Å². The Bertz CT molecular complexity index is 859. The Hall–Kier alpha value is -2.00. The van der Waals surface area contributed by atoms with Gasteiger partial charge in [-0.2, -0.15) is 0 Å². The minimum absolute atomic E-state index is 0.0972. The van der Waals surface area contributed by atoms with Gasteiger partial charge in [-0.3, -0.25) is 0 Å². The zero-order valence-electron chi connectivity index (χ0n) is 19.0. The molecule has 1 saturated carbocycles. The molecule has 2 aliphatic rings. The van der Waals surface area contributed by atoms with E-state index in [1.54, 1.807) is 12.3 Å². The molecular weight excluding hydrogens is 445 g/mol. The van der Waals surface area contributed by atoms with Crippen LogP contribution in [0.5, 0.6) is 0 Å². The van der Waals surface area contributed by atoms with E-state index in [2.05, 4.69) is 20.6 Å². The Balaban J connectivity index is 0.000000709. The van der Waals surface area contributed by atoms with Crippen LogP contribution in [0.15, 0.2) is 24.4 Å². The first kappa shape index (κ1) is 25.6. The number of halogens is 2. The van der Waals surface area contributed by atoms with Crippen LogP contribution >= 0.6 is 11.6 Å². The smallest absolute Gasteiger partial charge is 0.165 e. The maximum atomic E-state index is 14.3. The van der Waals surface area contributed by atoms with Crippen LogP contribution in [-0.4, -0.2) is 54.0 Å². The predicted molar refractivity (Wildman–Crippen MR) is 131 cm³/mol. The molecule has 4 rings (SSSR count). The van der Waals surface area contributed by atoms with E-state index in [-0.39, 0.29) is 18.2 Å². The number of rotatable bonds is 7. The molecule has 2 aromatic heterocycles. The number of ether oxygens (including phenoxy) is 1. The lowest BCUT2D eigenvalue weighted by Gasteiger charge is -2.23. The molecule has 182 valence electrons. The largest absolute Gasteiger partial charge is 0.395 e. The van der Waals surface area contributed by atoms with E-state index in [4.69, 9.17) is 27.2 Å². The molecule has 0 spiro atoms. The molecule has 3 heterocycles. The van der Waals surface area contributed by atoms with Gasteiger partial charge in [0.15, 0.2) is 11.6 Å². The first-order valence-corrected chi connectivity index (χ1v) is 12.2. The third-order valence-corrected chi connectivity index (χ3v) is 6.26. The molecule has 2 fully saturated rings. The van der Waals surface area contributed by atoms with Gasteiger partial charge in [-0.1, -0.05) is 30.9 Å². The molecule has 7 nitrogen and oxygen atoms in total. The number of nitrogens with zero attached hydrogens (tertiary/aromatic N) is 2.